The quantitative estimate of drug-likeness (QED) is 0.693. The van der Waals surface area contributed by atoms with E-state index in [1.54, 1.807) is 12.1 Å². The summed E-state index contributed by atoms with van der Waals surface area (Å²) in [5, 5.41) is 7.30. The summed E-state index contributed by atoms with van der Waals surface area (Å²) in [6, 6.07) is 6.57. The predicted molar refractivity (Wildman–Crippen MR) is 108 cm³/mol. The molecule has 1 unspecified atom stereocenters. The standard InChI is InChI=1S/C18H25BrN4O3S/c1-12(11-23-14(3)8-13(2)21-23)10-20-18(24)15-6-7-16(19)17(9-15)27(25,26)22(4)5/h6-9,12H,10-11H2,1-5H3,(H,20,24). The number of carbonyl (C=O) groups excluding carboxylic acids is 1. The van der Waals surface area contributed by atoms with E-state index in [-0.39, 0.29) is 16.7 Å². The van der Waals surface area contributed by atoms with Gasteiger partial charge in [-0.1, -0.05) is 6.92 Å². The molecule has 27 heavy (non-hydrogen) atoms. The molecule has 2 rings (SSSR count). The molecule has 7 nitrogen and oxygen atoms in total. The van der Waals surface area contributed by atoms with Gasteiger partial charge in [0.05, 0.1) is 10.6 Å². The Balaban J connectivity index is 2.07. The van der Waals surface area contributed by atoms with Crippen LogP contribution in [0.15, 0.2) is 33.6 Å². The summed E-state index contributed by atoms with van der Waals surface area (Å²) in [5.41, 5.74) is 2.35. The third kappa shape index (κ3) is 5.18. The van der Waals surface area contributed by atoms with Gasteiger partial charge in [-0.3, -0.25) is 9.48 Å². The number of benzene rings is 1. The Labute approximate surface area is 168 Å². The Kier molecular flexibility index (Phi) is 6.82. The fraction of sp³-hybridized carbons (Fsp3) is 0.444. The van der Waals surface area contributed by atoms with Gasteiger partial charge in [-0.15, -0.1) is 0 Å². The van der Waals surface area contributed by atoms with Crippen molar-refractivity contribution in [1.82, 2.24) is 19.4 Å². The third-order valence-electron chi connectivity index (χ3n) is 4.15. The van der Waals surface area contributed by atoms with Crippen molar-refractivity contribution in [3.8, 4) is 0 Å². The predicted octanol–water partition coefficient (Wildman–Crippen LogP) is 2.58. The van der Waals surface area contributed by atoms with E-state index < -0.39 is 10.0 Å². The molecule has 0 radical (unpaired) electrons. The first-order chi connectivity index (χ1) is 12.5. The minimum atomic E-state index is -3.64. The summed E-state index contributed by atoms with van der Waals surface area (Å²) < 4.78 is 28.2. The van der Waals surface area contributed by atoms with E-state index in [2.05, 4.69) is 26.3 Å². The maximum atomic E-state index is 12.5. The number of halogens is 1. The lowest BCUT2D eigenvalue weighted by Crippen LogP contribution is -2.30. The number of rotatable bonds is 7. The number of hydrogen-bond donors (Lipinski definition) is 1. The van der Waals surface area contributed by atoms with Crippen molar-refractivity contribution in [2.24, 2.45) is 5.92 Å². The fourth-order valence-electron chi connectivity index (χ4n) is 2.63. The van der Waals surface area contributed by atoms with Crippen LogP contribution in [-0.2, 0) is 16.6 Å². The van der Waals surface area contributed by atoms with Gasteiger partial charge in [0.15, 0.2) is 0 Å². The van der Waals surface area contributed by atoms with Gasteiger partial charge in [-0.2, -0.15) is 5.10 Å². The molecule has 9 heteroatoms. The number of sulfonamides is 1. The molecule has 0 fully saturated rings. The van der Waals surface area contributed by atoms with Crippen LogP contribution >= 0.6 is 15.9 Å². The summed E-state index contributed by atoms with van der Waals surface area (Å²) in [5.74, 6) is -0.134. The third-order valence-corrected chi connectivity index (χ3v) is 6.96. The summed E-state index contributed by atoms with van der Waals surface area (Å²) >= 11 is 3.24. The molecular weight excluding hydrogens is 432 g/mol. The van der Waals surface area contributed by atoms with Crippen molar-refractivity contribution in [3.05, 3.63) is 45.7 Å². The van der Waals surface area contributed by atoms with Gasteiger partial charge in [0, 0.05) is 42.9 Å². The van der Waals surface area contributed by atoms with Gasteiger partial charge >= 0.3 is 0 Å². The molecule has 148 valence electrons. The van der Waals surface area contributed by atoms with E-state index >= 15 is 0 Å². The second kappa shape index (κ2) is 8.53. The second-order valence-corrected chi connectivity index (χ2v) is 9.83. The van der Waals surface area contributed by atoms with Crippen LogP contribution in [-0.4, -0.2) is 49.1 Å². The fourth-order valence-corrected chi connectivity index (χ4v) is 4.47. The van der Waals surface area contributed by atoms with Crippen molar-refractivity contribution >= 4 is 31.9 Å². The molecule has 1 atom stereocenters. The van der Waals surface area contributed by atoms with Crippen molar-refractivity contribution in [3.63, 3.8) is 0 Å². The Hall–Kier alpha value is -1.71. The van der Waals surface area contributed by atoms with Crippen LogP contribution in [0.2, 0.25) is 0 Å². The minimum Gasteiger partial charge on any atom is -0.352 e. The molecule has 0 saturated heterocycles. The number of aryl methyl sites for hydroxylation is 2. The molecular formula is C18H25BrN4O3S. The van der Waals surface area contributed by atoms with Crippen LogP contribution in [0.25, 0.3) is 0 Å². The summed E-state index contributed by atoms with van der Waals surface area (Å²) in [4.78, 5) is 12.5. The van der Waals surface area contributed by atoms with E-state index in [0.717, 1.165) is 15.7 Å². The molecule has 0 aliphatic rings. The summed E-state index contributed by atoms with van der Waals surface area (Å²) in [7, 11) is -0.736. The highest BCUT2D eigenvalue weighted by Crippen LogP contribution is 2.25. The van der Waals surface area contributed by atoms with Crippen molar-refractivity contribution < 1.29 is 13.2 Å². The second-order valence-electron chi connectivity index (χ2n) is 6.86. The largest absolute Gasteiger partial charge is 0.352 e. The SMILES string of the molecule is Cc1cc(C)n(CC(C)CNC(=O)c2ccc(Br)c(S(=O)(=O)N(C)C)c2)n1. The van der Waals surface area contributed by atoms with Crippen LogP contribution in [0.4, 0.5) is 0 Å². The van der Waals surface area contributed by atoms with Gasteiger partial charge in [0.2, 0.25) is 10.0 Å². The van der Waals surface area contributed by atoms with Gasteiger partial charge in [-0.05, 0) is 60.0 Å². The lowest BCUT2D eigenvalue weighted by Gasteiger charge is -2.16. The molecule has 0 aliphatic carbocycles. The highest BCUT2D eigenvalue weighted by molar-refractivity contribution is 9.10. The van der Waals surface area contributed by atoms with Crippen LogP contribution < -0.4 is 5.32 Å². The van der Waals surface area contributed by atoms with Crippen molar-refractivity contribution in [1.29, 1.82) is 0 Å². The molecule has 1 N–H and O–H groups in total. The Morgan fingerprint density at radius 2 is 1.96 bits per heavy atom. The molecule has 1 amide bonds. The number of amides is 1. The van der Waals surface area contributed by atoms with E-state index in [4.69, 9.17) is 0 Å². The monoisotopic (exact) mass is 456 g/mol. The molecule has 2 aromatic rings. The van der Waals surface area contributed by atoms with Gasteiger partial charge in [0.25, 0.3) is 5.91 Å². The van der Waals surface area contributed by atoms with Crippen LogP contribution in [0.3, 0.4) is 0 Å². The van der Waals surface area contributed by atoms with E-state index in [1.807, 2.05) is 31.5 Å². The zero-order valence-corrected chi connectivity index (χ0v) is 18.6. The van der Waals surface area contributed by atoms with Crippen LogP contribution in [0.1, 0.15) is 28.7 Å². The lowest BCUT2D eigenvalue weighted by molar-refractivity contribution is 0.0946. The average Bonchev–Trinajstić information content (AvgIpc) is 2.89. The normalized spacial score (nSPS) is 13.0. The summed E-state index contributed by atoms with van der Waals surface area (Å²) in [6.07, 6.45) is 0. The van der Waals surface area contributed by atoms with Gasteiger partial charge in [0.1, 0.15) is 0 Å². The molecule has 0 spiro atoms. The number of carbonyl (C=O) groups is 1. The molecule has 1 aromatic heterocycles. The smallest absolute Gasteiger partial charge is 0.251 e. The Morgan fingerprint density at radius 1 is 1.30 bits per heavy atom. The van der Waals surface area contributed by atoms with E-state index in [0.29, 0.717) is 23.1 Å². The first-order valence-electron chi connectivity index (χ1n) is 8.53. The number of nitrogens with one attached hydrogen (secondary N) is 1. The van der Waals surface area contributed by atoms with Crippen molar-refractivity contribution in [2.75, 3.05) is 20.6 Å². The average molecular weight is 457 g/mol. The maximum absolute atomic E-state index is 12.5. The first kappa shape index (κ1) is 21.6. The first-order valence-corrected chi connectivity index (χ1v) is 10.8. The van der Waals surface area contributed by atoms with Gasteiger partial charge < -0.3 is 5.32 Å². The molecule has 0 saturated carbocycles. The Morgan fingerprint density at radius 3 is 2.52 bits per heavy atom. The van der Waals surface area contributed by atoms with Crippen molar-refractivity contribution in [2.45, 2.75) is 32.2 Å². The summed E-state index contributed by atoms with van der Waals surface area (Å²) in [6.45, 7) is 7.13. The molecule has 0 bridgehead atoms. The lowest BCUT2D eigenvalue weighted by atomic mass is 10.1. The highest BCUT2D eigenvalue weighted by atomic mass is 79.9. The topological polar surface area (TPSA) is 84.3 Å². The number of nitrogens with zero attached hydrogens (tertiary/aromatic N) is 3. The van der Waals surface area contributed by atoms with E-state index in [1.165, 1.54) is 20.2 Å². The van der Waals surface area contributed by atoms with Crippen LogP contribution in [0.5, 0.6) is 0 Å². The zero-order valence-electron chi connectivity index (χ0n) is 16.2. The molecule has 0 aliphatic heterocycles. The van der Waals surface area contributed by atoms with E-state index in [9.17, 15) is 13.2 Å². The molecule has 1 aromatic carbocycles. The number of aromatic nitrogens is 2. The van der Waals surface area contributed by atoms with Crippen LogP contribution in [0, 0.1) is 19.8 Å². The number of hydrogen-bond acceptors (Lipinski definition) is 4. The molecule has 1 heterocycles. The maximum Gasteiger partial charge on any atom is 0.251 e. The zero-order chi connectivity index (χ0) is 20.4. The highest BCUT2D eigenvalue weighted by Gasteiger charge is 2.22. The Bertz CT molecular complexity index is 938. The minimum absolute atomic E-state index is 0.0656. The van der Waals surface area contributed by atoms with Gasteiger partial charge in [-0.25, -0.2) is 12.7 Å².